The Bertz CT molecular complexity index is 1570. The Labute approximate surface area is 316 Å². The SMILES string of the molecule is Clc1cccc2ccc[c-]c12.[CH2-]CC[CH-]COc1nc([CH2-])c(C[CH2-])c(N2CC3[C@H](CC#N)CC4(C(=O)OC(C)(C)C)[C@H](C2)N34)n1.[CH3-].[Li+].[Li+]. The maximum absolute atomic E-state index is 13.3. The van der Waals surface area contributed by atoms with Crippen molar-refractivity contribution in [3.8, 4) is 12.1 Å². The van der Waals surface area contributed by atoms with E-state index in [4.69, 9.17) is 26.1 Å². The van der Waals surface area contributed by atoms with E-state index >= 15 is 0 Å². The molecule has 8 nitrogen and oxygen atoms in total. The number of hydrogen-bond donors (Lipinski definition) is 0. The number of anilines is 1. The van der Waals surface area contributed by atoms with Gasteiger partial charge in [-0.3, -0.25) is 11.3 Å². The van der Waals surface area contributed by atoms with E-state index in [2.05, 4.69) is 47.7 Å². The Morgan fingerprint density at radius 2 is 1.94 bits per heavy atom. The summed E-state index contributed by atoms with van der Waals surface area (Å²) in [6, 6.07) is 17.5. The molecule has 248 valence electrons. The van der Waals surface area contributed by atoms with Crippen molar-refractivity contribution in [2.24, 2.45) is 5.92 Å². The van der Waals surface area contributed by atoms with Crippen molar-refractivity contribution in [3.63, 3.8) is 0 Å². The summed E-state index contributed by atoms with van der Waals surface area (Å²) in [5.74, 6) is 0.684. The van der Waals surface area contributed by atoms with E-state index < -0.39 is 11.1 Å². The normalized spacial score (nSPS) is 23.1. The minimum atomic E-state index is -0.651. The second-order valence-electron chi connectivity index (χ2n) is 12.8. The zero-order valence-corrected chi connectivity index (χ0v) is 30.1. The summed E-state index contributed by atoms with van der Waals surface area (Å²) in [5, 5.41) is 12.3. The van der Waals surface area contributed by atoms with Crippen molar-refractivity contribution in [2.75, 3.05) is 24.6 Å². The van der Waals surface area contributed by atoms with Crippen LogP contribution in [0.4, 0.5) is 5.82 Å². The molecular formula is C37H44ClLi2N5O3-4. The number of nitriles is 1. The van der Waals surface area contributed by atoms with E-state index in [1.807, 2.05) is 63.6 Å². The molecule has 48 heavy (non-hydrogen) atoms. The summed E-state index contributed by atoms with van der Waals surface area (Å²) in [7, 11) is 0. The first-order chi connectivity index (χ1) is 21.5. The third-order valence-corrected chi connectivity index (χ3v) is 8.96. The number of benzene rings is 2. The number of hydrogen-bond acceptors (Lipinski definition) is 8. The third kappa shape index (κ3) is 8.68. The van der Waals surface area contributed by atoms with Crippen LogP contribution in [0, 0.1) is 57.9 Å². The van der Waals surface area contributed by atoms with Gasteiger partial charge < -0.3 is 35.6 Å². The van der Waals surface area contributed by atoms with Gasteiger partial charge in [-0.1, -0.05) is 23.9 Å². The van der Waals surface area contributed by atoms with Gasteiger partial charge in [0, 0.05) is 25.6 Å². The van der Waals surface area contributed by atoms with Crippen LogP contribution in [0.25, 0.3) is 10.8 Å². The van der Waals surface area contributed by atoms with Crippen LogP contribution in [0.15, 0.2) is 36.4 Å². The monoisotopic (exact) mass is 655 g/mol. The van der Waals surface area contributed by atoms with Gasteiger partial charge >= 0.3 is 49.7 Å². The predicted octanol–water partition coefficient (Wildman–Crippen LogP) is 0.871. The van der Waals surface area contributed by atoms with Crippen molar-refractivity contribution in [3.05, 3.63) is 93.4 Å². The zero-order chi connectivity index (χ0) is 32.4. The van der Waals surface area contributed by atoms with Crippen molar-refractivity contribution >= 4 is 34.2 Å². The molecule has 3 aliphatic heterocycles. The summed E-state index contributed by atoms with van der Waals surface area (Å²) in [5.41, 5.74) is 0.268. The average molecular weight is 656 g/mol. The summed E-state index contributed by atoms with van der Waals surface area (Å²) < 4.78 is 11.6. The Morgan fingerprint density at radius 1 is 1.21 bits per heavy atom. The number of aromatic nitrogens is 2. The molecule has 0 bridgehead atoms. The second-order valence-corrected chi connectivity index (χ2v) is 13.2. The molecule has 0 saturated carbocycles. The molecule has 3 fully saturated rings. The smallest absolute Gasteiger partial charge is 0.496 e. The quantitative estimate of drug-likeness (QED) is 0.110. The van der Waals surface area contributed by atoms with E-state index in [0.717, 1.165) is 40.0 Å². The maximum atomic E-state index is 13.3. The van der Waals surface area contributed by atoms with E-state index in [-0.39, 0.29) is 75.1 Å². The average Bonchev–Trinajstić information content (AvgIpc) is 3.53. The molecule has 2 aromatic carbocycles. The van der Waals surface area contributed by atoms with Crippen molar-refractivity contribution in [2.45, 2.75) is 76.1 Å². The molecule has 3 aliphatic rings. The number of unbranched alkanes of at least 4 members (excludes halogenated alkanes) is 2. The van der Waals surface area contributed by atoms with Crippen LogP contribution >= 0.6 is 11.6 Å². The van der Waals surface area contributed by atoms with E-state index in [9.17, 15) is 10.1 Å². The van der Waals surface area contributed by atoms with Crippen molar-refractivity contribution < 1.29 is 52.0 Å². The van der Waals surface area contributed by atoms with E-state index in [1.165, 1.54) is 0 Å². The van der Waals surface area contributed by atoms with Crippen LogP contribution in [0.1, 0.15) is 57.7 Å². The zero-order valence-electron chi connectivity index (χ0n) is 29.4. The van der Waals surface area contributed by atoms with Gasteiger partial charge in [0.2, 0.25) is 0 Å². The van der Waals surface area contributed by atoms with Gasteiger partial charge in [-0.15, -0.1) is 46.6 Å². The Kier molecular flexibility index (Phi) is 15.3. The van der Waals surface area contributed by atoms with Gasteiger partial charge in [0.15, 0.2) is 0 Å². The fourth-order valence-electron chi connectivity index (χ4n) is 6.68. The molecule has 11 heteroatoms. The molecule has 1 aromatic heterocycles. The molecule has 0 amide bonds. The van der Waals surface area contributed by atoms with Crippen LogP contribution in [-0.2, 0) is 16.0 Å². The van der Waals surface area contributed by atoms with Crippen LogP contribution in [0.2, 0.25) is 5.02 Å². The van der Waals surface area contributed by atoms with Crippen LogP contribution in [0.3, 0.4) is 0 Å². The standard InChI is InChI=1S/C26H35N5O3.C10H6Cl.CH3.2Li/c1-7-9-10-13-33-24-28-17(3)19(8-2)22(29-24)30-15-20-18(11-12-27)14-26(21(16-30)31(20)26)23(32)34-25(4,5)6;11-10-7-3-5-8-4-1-2-6-9(8)10;;;/h10,18,20-21H,1-3,7-9,11,13-16H2,4-6H3;1-5,7H;1H3;;/q-4;2*-1;2*+1/t18-,20?,21+,26?,31?;;;;/m1..../s1. The van der Waals surface area contributed by atoms with Gasteiger partial charge in [0.05, 0.1) is 17.9 Å². The molecule has 3 unspecified atom stereocenters. The van der Waals surface area contributed by atoms with Gasteiger partial charge in [0.25, 0.3) is 0 Å². The first kappa shape index (κ1) is 41.8. The molecule has 3 aromatic rings. The molecule has 5 atom stereocenters. The first-order valence-corrected chi connectivity index (χ1v) is 15.9. The minimum Gasteiger partial charge on any atom is -0.496 e. The molecule has 3 saturated heterocycles. The molecule has 0 N–H and O–H groups in total. The number of ether oxygens (including phenoxy) is 2. The van der Waals surface area contributed by atoms with Gasteiger partial charge in [-0.25, -0.2) is 36.0 Å². The van der Waals surface area contributed by atoms with E-state index in [1.54, 1.807) is 0 Å². The number of nitrogens with zero attached hydrogens (tertiary/aromatic N) is 5. The maximum Gasteiger partial charge on any atom is 1.00 e. The Morgan fingerprint density at radius 3 is 2.58 bits per heavy atom. The fourth-order valence-corrected chi connectivity index (χ4v) is 6.91. The van der Waals surface area contributed by atoms with Crippen LogP contribution in [0.5, 0.6) is 6.01 Å². The molecule has 0 spiro atoms. The molecule has 0 aliphatic carbocycles. The Hall–Kier alpha value is -2.35. The molecule has 0 radical (unpaired) electrons. The first-order valence-electron chi connectivity index (χ1n) is 15.5. The Balaban J connectivity index is 0.000000485. The fraction of sp³-hybridized carbons (Fsp3) is 0.432. The van der Waals surface area contributed by atoms with Gasteiger partial charge in [-0.2, -0.15) is 15.8 Å². The van der Waals surface area contributed by atoms with Crippen molar-refractivity contribution in [1.29, 1.82) is 5.26 Å². The predicted molar refractivity (Wildman–Crippen MR) is 183 cm³/mol. The summed E-state index contributed by atoms with van der Waals surface area (Å²) >= 11 is 5.93. The number of carbonyl (C=O) groups excluding carboxylic acids is 1. The summed E-state index contributed by atoms with van der Waals surface area (Å²) in [6.45, 7) is 19.4. The third-order valence-electron chi connectivity index (χ3n) is 8.65. The summed E-state index contributed by atoms with van der Waals surface area (Å²) in [4.78, 5) is 27.0. The van der Waals surface area contributed by atoms with E-state index in [0.29, 0.717) is 44.7 Å². The number of piperazine rings is 1. The number of halogens is 1. The number of esters is 1. The topological polar surface area (TPSA) is 91.4 Å². The van der Waals surface area contributed by atoms with Crippen LogP contribution < -0.4 is 47.4 Å². The number of fused-ring (bicyclic) bond motifs is 2. The second kappa shape index (κ2) is 17.5. The molecule has 6 rings (SSSR count). The molecule has 4 heterocycles. The minimum absolute atomic E-state index is 0. The molecular weight excluding hydrogens is 612 g/mol. The largest absolute Gasteiger partial charge is 1.00 e. The van der Waals surface area contributed by atoms with Gasteiger partial charge in [-0.05, 0) is 44.7 Å². The van der Waals surface area contributed by atoms with Gasteiger partial charge in [0.1, 0.15) is 11.1 Å². The van der Waals surface area contributed by atoms with Crippen LogP contribution in [-0.4, -0.2) is 63.8 Å². The van der Waals surface area contributed by atoms with Crippen molar-refractivity contribution in [1.82, 2.24) is 14.9 Å². The number of piperidine rings is 1. The number of carbonyl (C=O) groups is 1. The number of rotatable bonds is 9. The summed E-state index contributed by atoms with van der Waals surface area (Å²) in [6.07, 6.45) is 5.26.